The molecule has 0 aliphatic heterocycles. The lowest BCUT2D eigenvalue weighted by Crippen LogP contribution is -2.33. The average molecular weight is 299 g/mol. The molecule has 0 fully saturated rings. The Hall–Kier alpha value is -1.68. The minimum atomic E-state index is -0.488. The van der Waals surface area contributed by atoms with Crippen LogP contribution in [0, 0.1) is 5.92 Å². The molecule has 2 aromatic rings. The molecule has 3 heteroatoms. The predicted octanol–water partition coefficient (Wildman–Crippen LogP) is 2.85. The highest BCUT2D eigenvalue weighted by Gasteiger charge is 2.19. The van der Waals surface area contributed by atoms with Crippen LogP contribution < -0.4 is 0 Å². The fraction of sp³-hybridized carbons (Fsp3) is 0.368. The molecular weight excluding hydrogens is 274 g/mol. The maximum absolute atomic E-state index is 10.5. The van der Waals surface area contributed by atoms with Crippen molar-refractivity contribution in [1.29, 1.82) is 0 Å². The van der Waals surface area contributed by atoms with Gasteiger partial charge >= 0.3 is 0 Å². The third-order valence-electron chi connectivity index (χ3n) is 3.89. The summed E-state index contributed by atoms with van der Waals surface area (Å²) < 4.78 is 0. The van der Waals surface area contributed by atoms with E-state index in [1.54, 1.807) is 0 Å². The first-order valence-corrected chi connectivity index (χ1v) is 7.81. The molecule has 2 atom stereocenters. The Bertz CT molecular complexity index is 530. The fourth-order valence-corrected chi connectivity index (χ4v) is 2.70. The van der Waals surface area contributed by atoms with E-state index in [9.17, 15) is 10.2 Å². The van der Waals surface area contributed by atoms with Gasteiger partial charge in [-0.05, 0) is 17.0 Å². The van der Waals surface area contributed by atoms with Crippen LogP contribution in [-0.4, -0.2) is 34.8 Å². The highest BCUT2D eigenvalue weighted by Crippen LogP contribution is 2.22. The lowest BCUT2D eigenvalue weighted by atomic mass is 9.96. The summed E-state index contributed by atoms with van der Waals surface area (Å²) in [6, 6.07) is 20.0. The summed E-state index contributed by atoms with van der Waals surface area (Å²) in [6.45, 7) is 4.31. The summed E-state index contributed by atoms with van der Waals surface area (Å²) >= 11 is 0. The first-order valence-electron chi connectivity index (χ1n) is 7.81. The van der Waals surface area contributed by atoms with Gasteiger partial charge in [0.15, 0.2) is 0 Å². The zero-order valence-electron chi connectivity index (χ0n) is 13.1. The van der Waals surface area contributed by atoms with Gasteiger partial charge in [-0.3, -0.25) is 4.90 Å². The Labute approximate surface area is 132 Å². The molecule has 2 N–H and O–H groups in total. The monoisotopic (exact) mass is 299 g/mol. The molecule has 2 aromatic carbocycles. The van der Waals surface area contributed by atoms with Crippen LogP contribution in [0.5, 0.6) is 0 Å². The van der Waals surface area contributed by atoms with Gasteiger partial charge in [-0.1, -0.05) is 67.6 Å². The van der Waals surface area contributed by atoms with Gasteiger partial charge in [0.25, 0.3) is 0 Å². The summed E-state index contributed by atoms with van der Waals surface area (Å²) in [5.41, 5.74) is 2.16. The topological polar surface area (TPSA) is 43.7 Å². The smallest absolute Gasteiger partial charge is 0.0827 e. The van der Waals surface area contributed by atoms with Gasteiger partial charge in [-0.15, -0.1) is 0 Å². The van der Waals surface area contributed by atoms with E-state index < -0.39 is 6.10 Å². The van der Waals surface area contributed by atoms with E-state index >= 15 is 0 Å². The van der Waals surface area contributed by atoms with Crippen molar-refractivity contribution >= 4 is 0 Å². The second-order valence-corrected chi connectivity index (χ2v) is 5.78. The zero-order valence-corrected chi connectivity index (χ0v) is 13.1. The van der Waals surface area contributed by atoms with Gasteiger partial charge in [-0.25, -0.2) is 0 Å². The highest BCUT2D eigenvalue weighted by atomic mass is 16.3. The fourth-order valence-electron chi connectivity index (χ4n) is 2.70. The van der Waals surface area contributed by atoms with Gasteiger partial charge in [0, 0.05) is 19.6 Å². The molecule has 0 amide bonds. The largest absolute Gasteiger partial charge is 0.395 e. The number of aliphatic hydroxyl groups is 2. The number of hydrogen-bond donors (Lipinski definition) is 2. The lowest BCUT2D eigenvalue weighted by molar-refractivity contribution is 0.0789. The molecule has 0 aromatic heterocycles. The molecular formula is C19H25NO2. The number of nitrogens with zero attached hydrogens (tertiary/aromatic N) is 1. The molecule has 0 spiro atoms. The van der Waals surface area contributed by atoms with Gasteiger partial charge < -0.3 is 10.2 Å². The van der Waals surface area contributed by atoms with Crippen molar-refractivity contribution in [2.45, 2.75) is 19.6 Å². The molecule has 0 saturated carbocycles. The second kappa shape index (κ2) is 8.69. The standard InChI is InChI=1S/C19H25NO2/c1-16(19(22)18-10-6-3-7-11-18)14-20(12-13-21)15-17-8-4-2-5-9-17/h2-11,16,19,21-22H,12-15H2,1H3/t16-,19-/m0/s1. The molecule has 3 nitrogen and oxygen atoms in total. The van der Waals surface area contributed by atoms with Crippen LogP contribution in [0.2, 0.25) is 0 Å². The molecule has 0 saturated heterocycles. The van der Waals surface area contributed by atoms with Crippen LogP contribution in [0.3, 0.4) is 0 Å². The summed E-state index contributed by atoms with van der Waals surface area (Å²) in [7, 11) is 0. The van der Waals surface area contributed by atoms with E-state index in [-0.39, 0.29) is 12.5 Å². The first-order chi connectivity index (χ1) is 10.7. The summed E-state index contributed by atoms with van der Waals surface area (Å²) in [5, 5.41) is 19.8. The predicted molar refractivity (Wildman–Crippen MR) is 89.4 cm³/mol. The van der Waals surface area contributed by atoms with Crippen molar-refractivity contribution in [3.05, 3.63) is 71.8 Å². The van der Waals surface area contributed by atoms with Crippen molar-refractivity contribution in [2.75, 3.05) is 19.7 Å². The normalized spacial score (nSPS) is 14.0. The molecule has 22 heavy (non-hydrogen) atoms. The summed E-state index contributed by atoms with van der Waals surface area (Å²) in [4.78, 5) is 2.19. The Morgan fingerprint density at radius 1 is 0.955 bits per heavy atom. The van der Waals surface area contributed by atoms with Gasteiger partial charge in [0.2, 0.25) is 0 Å². The van der Waals surface area contributed by atoms with E-state index in [1.165, 1.54) is 5.56 Å². The Kier molecular flexibility index (Phi) is 6.59. The van der Waals surface area contributed by atoms with Gasteiger partial charge in [0.1, 0.15) is 0 Å². The van der Waals surface area contributed by atoms with E-state index in [0.717, 1.165) is 18.7 Å². The molecule has 0 aliphatic rings. The van der Waals surface area contributed by atoms with Crippen LogP contribution in [0.4, 0.5) is 0 Å². The maximum atomic E-state index is 10.5. The quantitative estimate of drug-likeness (QED) is 0.788. The van der Waals surface area contributed by atoms with Gasteiger partial charge in [-0.2, -0.15) is 0 Å². The lowest BCUT2D eigenvalue weighted by Gasteiger charge is -2.28. The van der Waals surface area contributed by atoms with E-state index in [1.807, 2.05) is 55.5 Å². The first kappa shape index (κ1) is 16.7. The summed E-state index contributed by atoms with van der Waals surface area (Å²) in [6.07, 6.45) is -0.488. The minimum absolute atomic E-state index is 0.0951. The molecule has 118 valence electrons. The molecule has 0 bridgehead atoms. The molecule has 0 aliphatic carbocycles. The Morgan fingerprint density at radius 2 is 1.55 bits per heavy atom. The van der Waals surface area contributed by atoms with Crippen molar-refractivity contribution < 1.29 is 10.2 Å². The summed E-state index contributed by atoms with van der Waals surface area (Å²) in [5.74, 6) is 0.0951. The minimum Gasteiger partial charge on any atom is -0.395 e. The van der Waals surface area contributed by atoms with Gasteiger partial charge in [0.05, 0.1) is 12.7 Å². The van der Waals surface area contributed by atoms with E-state index in [0.29, 0.717) is 6.54 Å². The third kappa shape index (κ3) is 4.95. The van der Waals surface area contributed by atoms with Crippen molar-refractivity contribution in [1.82, 2.24) is 4.90 Å². The number of rotatable bonds is 8. The highest BCUT2D eigenvalue weighted by molar-refractivity contribution is 5.18. The van der Waals surface area contributed by atoms with Crippen LogP contribution in [0.25, 0.3) is 0 Å². The van der Waals surface area contributed by atoms with E-state index in [4.69, 9.17) is 0 Å². The molecule has 2 rings (SSSR count). The van der Waals surface area contributed by atoms with Crippen LogP contribution >= 0.6 is 0 Å². The SMILES string of the molecule is C[C@@H](CN(CCO)Cc1ccccc1)[C@H](O)c1ccccc1. The van der Waals surface area contributed by atoms with Crippen LogP contribution in [-0.2, 0) is 6.54 Å². The van der Waals surface area contributed by atoms with Crippen LogP contribution in [0.15, 0.2) is 60.7 Å². The number of aliphatic hydroxyl groups excluding tert-OH is 2. The Balaban J connectivity index is 1.97. The molecule has 0 heterocycles. The number of benzene rings is 2. The zero-order chi connectivity index (χ0) is 15.8. The molecule has 0 unspecified atom stereocenters. The molecule has 0 radical (unpaired) electrons. The maximum Gasteiger partial charge on any atom is 0.0827 e. The second-order valence-electron chi connectivity index (χ2n) is 5.78. The van der Waals surface area contributed by atoms with Crippen LogP contribution in [0.1, 0.15) is 24.2 Å². The third-order valence-corrected chi connectivity index (χ3v) is 3.89. The van der Waals surface area contributed by atoms with E-state index in [2.05, 4.69) is 17.0 Å². The average Bonchev–Trinajstić information content (AvgIpc) is 2.56. The van der Waals surface area contributed by atoms with Crippen molar-refractivity contribution in [3.63, 3.8) is 0 Å². The Morgan fingerprint density at radius 3 is 2.14 bits per heavy atom. The number of hydrogen-bond acceptors (Lipinski definition) is 3. The van der Waals surface area contributed by atoms with Crippen molar-refractivity contribution in [3.8, 4) is 0 Å². The van der Waals surface area contributed by atoms with Crippen molar-refractivity contribution in [2.24, 2.45) is 5.92 Å².